The molecule has 21 heavy (non-hydrogen) atoms. The molecule has 0 aliphatic rings. The second kappa shape index (κ2) is 7.55. The van der Waals surface area contributed by atoms with Gasteiger partial charge in [0.1, 0.15) is 0 Å². The molecular weight excluding hydrogens is 280 g/mol. The van der Waals surface area contributed by atoms with Gasteiger partial charge in [-0.3, -0.25) is 4.79 Å². The van der Waals surface area contributed by atoms with Gasteiger partial charge in [-0.25, -0.2) is 0 Å². The molecule has 3 N–H and O–H groups in total. The van der Waals surface area contributed by atoms with E-state index in [9.17, 15) is 4.79 Å². The maximum atomic E-state index is 12.2. The number of nitrogens with two attached hydrogens (primary N) is 1. The van der Waals surface area contributed by atoms with E-state index in [4.69, 9.17) is 18.0 Å². The van der Waals surface area contributed by atoms with Gasteiger partial charge in [-0.1, -0.05) is 60.7 Å². The van der Waals surface area contributed by atoms with E-state index in [0.717, 1.165) is 12.0 Å². The van der Waals surface area contributed by atoms with Gasteiger partial charge in [-0.2, -0.15) is 0 Å². The number of rotatable bonds is 6. The summed E-state index contributed by atoms with van der Waals surface area (Å²) in [5, 5.41) is 2.94. The highest BCUT2D eigenvalue weighted by Gasteiger charge is 2.10. The standard InChI is InChI=1S/C17H18N2OS/c18-16(21)12-14-8-4-5-9-15(14)17(20)19-11-10-13-6-2-1-3-7-13/h1-9H,10-12H2,(H2,18,21)(H,19,20). The highest BCUT2D eigenvalue weighted by molar-refractivity contribution is 7.80. The zero-order valence-corrected chi connectivity index (χ0v) is 12.5. The van der Waals surface area contributed by atoms with Crippen molar-refractivity contribution in [3.05, 3.63) is 71.3 Å². The molecule has 0 heterocycles. The molecule has 2 rings (SSSR count). The quantitative estimate of drug-likeness (QED) is 0.806. The van der Waals surface area contributed by atoms with Crippen molar-refractivity contribution in [2.24, 2.45) is 5.73 Å². The van der Waals surface area contributed by atoms with Gasteiger partial charge in [0.15, 0.2) is 0 Å². The van der Waals surface area contributed by atoms with E-state index < -0.39 is 0 Å². The monoisotopic (exact) mass is 298 g/mol. The molecule has 0 bridgehead atoms. The SMILES string of the molecule is NC(=S)Cc1ccccc1C(=O)NCCc1ccccc1. The summed E-state index contributed by atoms with van der Waals surface area (Å²) in [5.41, 5.74) is 8.27. The van der Waals surface area contributed by atoms with Crippen molar-refractivity contribution in [3.63, 3.8) is 0 Å². The Labute approximate surface area is 130 Å². The van der Waals surface area contributed by atoms with E-state index in [1.165, 1.54) is 5.56 Å². The maximum absolute atomic E-state index is 12.2. The molecule has 0 radical (unpaired) electrons. The van der Waals surface area contributed by atoms with Crippen molar-refractivity contribution in [3.8, 4) is 0 Å². The summed E-state index contributed by atoms with van der Waals surface area (Å²) in [6.07, 6.45) is 1.25. The van der Waals surface area contributed by atoms with Crippen LogP contribution in [0.5, 0.6) is 0 Å². The Bertz CT molecular complexity index is 626. The summed E-state index contributed by atoms with van der Waals surface area (Å²) in [6, 6.07) is 17.5. The molecule has 0 saturated heterocycles. The largest absolute Gasteiger partial charge is 0.393 e. The van der Waals surface area contributed by atoms with Crippen molar-refractivity contribution in [1.29, 1.82) is 0 Å². The number of hydrogen-bond donors (Lipinski definition) is 2. The molecule has 0 saturated carbocycles. The molecule has 0 aromatic heterocycles. The van der Waals surface area contributed by atoms with E-state index in [1.54, 1.807) is 6.07 Å². The van der Waals surface area contributed by atoms with Crippen LogP contribution in [0.25, 0.3) is 0 Å². The van der Waals surface area contributed by atoms with Crippen LogP contribution in [0.1, 0.15) is 21.5 Å². The first-order valence-corrected chi connectivity index (χ1v) is 7.26. The summed E-state index contributed by atoms with van der Waals surface area (Å²) in [6.45, 7) is 0.601. The van der Waals surface area contributed by atoms with Crippen LogP contribution in [0.2, 0.25) is 0 Å². The van der Waals surface area contributed by atoms with E-state index in [1.807, 2.05) is 48.5 Å². The Kier molecular flexibility index (Phi) is 5.46. The normalized spacial score (nSPS) is 10.1. The third-order valence-electron chi connectivity index (χ3n) is 3.17. The molecule has 1 amide bonds. The minimum Gasteiger partial charge on any atom is -0.393 e. The van der Waals surface area contributed by atoms with Crippen molar-refractivity contribution in [2.75, 3.05) is 6.54 Å². The predicted octanol–water partition coefficient (Wildman–Crippen LogP) is 2.49. The van der Waals surface area contributed by atoms with Gasteiger partial charge in [0.2, 0.25) is 0 Å². The molecular formula is C17H18N2OS. The van der Waals surface area contributed by atoms with E-state index in [-0.39, 0.29) is 5.91 Å². The van der Waals surface area contributed by atoms with Crippen molar-refractivity contribution in [2.45, 2.75) is 12.8 Å². The number of carbonyl (C=O) groups excluding carboxylic acids is 1. The molecule has 3 nitrogen and oxygen atoms in total. The molecule has 0 aliphatic heterocycles. The lowest BCUT2D eigenvalue weighted by atomic mass is 10.0. The minimum absolute atomic E-state index is 0.0854. The third kappa shape index (κ3) is 4.68. The molecule has 0 atom stereocenters. The fourth-order valence-corrected chi connectivity index (χ4v) is 2.30. The first-order valence-electron chi connectivity index (χ1n) is 6.85. The summed E-state index contributed by atoms with van der Waals surface area (Å²) < 4.78 is 0. The summed E-state index contributed by atoms with van der Waals surface area (Å²) >= 11 is 4.92. The van der Waals surface area contributed by atoms with E-state index in [0.29, 0.717) is 23.5 Å². The maximum Gasteiger partial charge on any atom is 0.251 e. The van der Waals surface area contributed by atoms with E-state index >= 15 is 0 Å². The van der Waals surface area contributed by atoms with Gasteiger partial charge in [-0.15, -0.1) is 0 Å². The molecule has 0 spiro atoms. The fraction of sp³-hybridized carbons (Fsp3) is 0.176. The topological polar surface area (TPSA) is 55.1 Å². The first kappa shape index (κ1) is 15.2. The number of nitrogens with one attached hydrogen (secondary N) is 1. The van der Waals surface area contributed by atoms with Crippen LogP contribution >= 0.6 is 12.2 Å². The highest BCUT2D eigenvalue weighted by Crippen LogP contribution is 2.10. The number of thiocarbonyl (C=S) groups is 1. The third-order valence-corrected chi connectivity index (χ3v) is 3.31. The molecule has 2 aromatic rings. The fourth-order valence-electron chi connectivity index (χ4n) is 2.14. The number of amides is 1. The van der Waals surface area contributed by atoms with Gasteiger partial charge in [0, 0.05) is 18.5 Å². The van der Waals surface area contributed by atoms with Crippen LogP contribution < -0.4 is 11.1 Å². The van der Waals surface area contributed by atoms with Gasteiger partial charge in [0.05, 0.1) is 4.99 Å². The summed E-state index contributed by atoms with van der Waals surface area (Å²) in [4.78, 5) is 12.6. The van der Waals surface area contributed by atoms with Gasteiger partial charge < -0.3 is 11.1 Å². The smallest absolute Gasteiger partial charge is 0.251 e. The predicted molar refractivity (Wildman–Crippen MR) is 89.4 cm³/mol. The molecule has 108 valence electrons. The average molecular weight is 298 g/mol. The molecule has 4 heteroatoms. The van der Waals surface area contributed by atoms with Crippen molar-refractivity contribution >= 4 is 23.1 Å². The molecule has 0 fully saturated rings. The Hall–Kier alpha value is -2.20. The first-order chi connectivity index (χ1) is 10.2. The Balaban J connectivity index is 1.96. The number of benzene rings is 2. The highest BCUT2D eigenvalue weighted by atomic mass is 32.1. The van der Waals surface area contributed by atoms with Crippen molar-refractivity contribution in [1.82, 2.24) is 5.32 Å². The van der Waals surface area contributed by atoms with Crippen LogP contribution in [-0.4, -0.2) is 17.4 Å². The van der Waals surface area contributed by atoms with Crippen LogP contribution in [0.4, 0.5) is 0 Å². The van der Waals surface area contributed by atoms with Crippen LogP contribution in [0.3, 0.4) is 0 Å². The average Bonchev–Trinajstić information content (AvgIpc) is 2.48. The number of carbonyl (C=O) groups is 1. The Morgan fingerprint density at radius 1 is 1.05 bits per heavy atom. The summed E-state index contributed by atoms with van der Waals surface area (Å²) in [5.74, 6) is -0.0854. The Morgan fingerprint density at radius 3 is 2.43 bits per heavy atom. The van der Waals surface area contributed by atoms with Gasteiger partial charge in [0.25, 0.3) is 5.91 Å². The molecule has 2 aromatic carbocycles. The lowest BCUT2D eigenvalue weighted by Gasteiger charge is -2.09. The van der Waals surface area contributed by atoms with Crippen LogP contribution in [-0.2, 0) is 12.8 Å². The second-order valence-corrected chi connectivity index (χ2v) is 5.32. The number of hydrogen-bond acceptors (Lipinski definition) is 2. The van der Waals surface area contributed by atoms with Crippen LogP contribution in [0.15, 0.2) is 54.6 Å². The van der Waals surface area contributed by atoms with Crippen LogP contribution in [0, 0.1) is 0 Å². The molecule has 0 aliphatic carbocycles. The molecule has 0 unspecified atom stereocenters. The summed E-state index contributed by atoms with van der Waals surface area (Å²) in [7, 11) is 0. The van der Waals surface area contributed by atoms with E-state index in [2.05, 4.69) is 5.32 Å². The lowest BCUT2D eigenvalue weighted by Crippen LogP contribution is -2.27. The zero-order chi connectivity index (χ0) is 15.1. The second-order valence-electron chi connectivity index (χ2n) is 4.79. The van der Waals surface area contributed by atoms with Gasteiger partial charge in [-0.05, 0) is 23.6 Å². The van der Waals surface area contributed by atoms with Gasteiger partial charge >= 0.3 is 0 Å². The van der Waals surface area contributed by atoms with Crippen molar-refractivity contribution < 1.29 is 4.79 Å². The minimum atomic E-state index is -0.0854. The Morgan fingerprint density at radius 2 is 1.71 bits per heavy atom. The zero-order valence-electron chi connectivity index (χ0n) is 11.7. The lowest BCUT2D eigenvalue weighted by molar-refractivity contribution is 0.0953.